The van der Waals surface area contributed by atoms with Crippen molar-refractivity contribution in [3.05, 3.63) is 0 Å². The summed E-state index contributed by atoms with van der Waals surface area (Å²) in [6.45, 7) is 6.39. The van der Waals surface area contributed by atoms with Gasteiger partial charge in [0.2, 0.25) is 5.91 Å². The summed E-state index contributed by atoms with van der Waals surface area (Å²) in [6, 6.07) is 0.0624. The number of ether oxygens (including phenoxy) is 1. The Bertz CT molecular complexity index is 254. The predicted octanol–water partition coefficient (Wildman–Crippen LogP) is 1.01. The molecule has 0 aromatic heterocycles. The SMILES string of the molecule is CCNC1CCN(CCCOCC2CC2)C1=O. The van der Waals surface area contributed by atoms with Crippen molar-refractivity contribution in [2.24, 2.45) is 5.92 Å². The number of likely N-dealkylation sites (N-methyl/N-ethyl adjacent to an activating group) is 1. The summed E-state index contributed by atoms with van der Waals surface area (Å²) in [7, 11) is 0. The van der Waals surface area contributed by atoms with Crippen LogP contribution in [0.25, 0.3) is 0 Å². The average molecular weight is 240 g/mol. The topological polar surface area (TPSA) is 41.6 Å². The maximum atomic E-state index is 11.9. The van der Waals surface area contributed by atoms with Gasteiger partial charge in [-0.1, -0.05) is 6.92 Å². The molecule has 0 radical (unpaired) electrons. The highest BCUT2D eigenvalue weighted by Gasteiger charge is 2.30. The molecule has 1 N–H and O–H groups in total. The van der Waals surface area contributed by atoms with Gasteiger partial charge in [-0.2, -0.15) is 0 Å². The summed E-state index contributed by atoms with van der Waals surface area (Å²) in [5.74, 6) is 1.11. The smallest absolute Gasteiger partial charge is 0.239 e. The van der Waals surface area contributed by atoms with Crippen molar-refractivity contribution in [3.8, 4) is 0 Å². The molecule has 98 valence electrons. The first-order valence-corrected chi connectivity index (χ1v) is 6.91. The van der Waals surface area contributed by atoms with Gasteiger partial charge >= 0.3 is 0 Å². The minimum Gasteiger partial charge on any atom is -0.381 e. The highest BCUT2D eigenvalue weighted by Crippen LogP contribution is 2.28. The van der Waals surface area contributed by atoms with Crippen LogP contribution in [0.3, 0.4) is 0 Å². The molecule has 1 aliphatic carbocycles. The largest absolute Gasteiger partial charge is 0.381 e. The van der Waals surface area contributed by atoms with Crippen LogP contribution in [0.5, 0.6) is 0 Å². The van der Waals surface area contributed by atoms with E-state index in [4.69, 9.17) is 4.74 Å². The van der Waals surface area contributed by atoms with Crippen LogP contribution in [-0.2, 0) is 9.53 Å². The van der Waals surface area contributed by atoms with Crippen molar-refractivity contribution < 1.29 is 9.53 Å². The van der Waals surface area contributed by atoms with Crippen LogP contribution >= 0.6 is 0 Å². The number of likely N-dealkylation sites (tertiary alicyclic amines) is 1. The molecule has 1 unspecified atom stereocenters. The molecule has 17 heavy (non-hydrogen) atoms. The van der Waals surface area contributed by atoms with E-state index in [2.05, 4.69) is 5.32 Å². The third-order valence-corrected chi connectivity index (χ3v) is 3.52. The molecular formula is C13H24N2O2. The molecule has 1 saturated carbocycles. The van der Waals surface area contributed by atoms with Crippen molar-refractivity contribution in [1.29, 1.82) is 0 Å². The molecule has 2 rings (SSSR count). The van der Waals surface area contributed by atoms with E-state index in [1.807, 2.05) is 11.8 Å². The summed E-state index contributed by atoms with van der Waals surface area (Å²) in [6.07, 6.45) is 4.61. The first-order chi connectivity index (χ1) is 8.31. The summed E-state index contributed by atoms with van der Waals surface area (Å²) >= 11 is 0. The number of nitrogens with one attached hydrogen (secondary N) is 1. The van der Waals surface area contributed by atoms with E-state index < -0.39 is 0 Å². The lowest BCUT2D eigenvalue weighted by Crippen LogP contribution is -2.38. The van der Waals surface area contributed by atoms with Crippen molar-refractivity contribution in [1.82, 2.24) is 10.2 Å². The van der Waals surface area contributed by atoms with Gasteiger partial charge in [0.1, 0.15) is 0 Å². The van der Waals surface area contributed by atoms with E-state index in [0.717, 1.165) is 51.6 Å². The molecule has 0 spiro atoms. The van der Waals surface area contributed by atoms with E-state index in [0.29, 0.717) is 0 Å². The Morgan fingerprint density at radius 2 is 2.24 bits per heavy atom. The Morgan fingerprint density at radius 3 is 2.94 bits per heavy atom. The monoisotopic (exact) mass is 240 g/mol. The lowest BCUT2D eigenvalue weighted by Gasteiger charge is -2.16. The molecule has 0 aromatic rings. The highest BCUT2D eigenvalue weighted by atomic mass is 16.5. The van der Waals surface area contributed by atoms with Crippen molar-refractivity contribution >= 4 is 5.91 Å². The maximum absolute atomic E-state index is 11.9. The number of hydrogen-bond acceptors (Lipinski definition) is 3. The Kier molecular flexibility index (Phi) is 4.80. The van der Waals surface area contributed by atoms with Crippen LogP contribution in [-0.4, -0.2) is 49.7 Å². The van der Waals surface area contributed by atoms with Gasteiger partial charge in [-0.3, -0.25) is 4.79 Å². The van der Waals surface area contributed by atoms with Gasteiger partial charge in [0.05, 0.1) is 6.04 Å². The van der Waals surface area contributed by atoms with E-state index in [9.17, 15) is 4.79 Å². The van der Waals surface area contributed by atoms with E-state index in [1.54, 1.807) is 0 Å². The molecule has 1 amide bonds. The molecule has 2 aliphatic rings. The third-order valence-electron chi connectivity index (χ3n) is 3.52. The molecule has 2 fully saturated rings. The van der Waals surface area contributed by atoms with Crippen LogP contribution in [0.1, 0.15) is 32.6 Å². The van der Waals surface area contributed by atoms with Gasteiger partial charge < -0.3 is 15.0 Å². The summed E-state index contributed by atoms with van der Waals surface area (Å²) in [4.78, 5) is 13.9. The molecular weight excluding hydrogens is 216 g/mol. The standard InChI is InChI=1S/C13H24N2O2/c1-2-14-12-6-8-15(13(12)16)7-3-9-17-10-11-4-5-11/h11-12,14H,2-10H2,1H3. The summed E-state index contributed by atoms with van der Waals surface area (Å²) < 4.78 is 5.57. The molecule has 1 atom stereocenters. The molecule has 1 aliphatic heterocycles. The van der Waals surface area contributed by atoms with Gasteiger partial charge in [-0.05, 0) is 38.1 Å². The predicted molar refractivity (Wildman–Crippen MR) is 66.8 cm³/mol. The van der Waals surface area contributed by atoms with Gasteiger partial charge in [-0.25, -0.2) is 0 Å². The Morgan fingerprint density at radius 1 is 1.41 bits per heavy atom. The van der Waals surface area contributed by atoms with Gasteiger partial charge in [-0.15, -0.1) is 0 Å². The number of rotatable bonds is 8. The fourth-order valence-corrected chi connectivity index (χ4v) is 2.29. The van der Waals surface area contributed by atoms with Crippen LogP contribution in [0.4, 0.5) is 0 Å². The Balaban J connectivity index is 1.54. The molecule has 0 bridgehead atoms. The average Bonchev–Trinajstić information content (AvgIpc) is 3.08. The van der Waals surface area contributed by atoms with Crippen LogP contribution in [0, 0.1) is 5.92 Å². The van der Waals surface area contributed by atoms with E-state index in [-0.39, 0.29) is 11.9 Å². The molecule has 1 saturated heterocycles. The van der Waals surface area contributed by atoms with Gasteiger partial charge in [0.25, 0.3) is 0 Å². The normalized spacial score (nSPS) is 24.6. The lowest BCUT2D eigenvalue weighted by atomic mass is 10.2. The molecule has 0 aromatic carbocycles. The van der Waals surface area contributed by atoms with Crippen molar-refractivity contribution in [2.45, 2.75) is 38.6 Å². The van der Waals surface area contributed by atoms with E-state index in [1.165, 1.54) is 12.8 Å². The summed E-state index contributed by atoms with van der Waals surface area (Å²) in [5, 5.41) is 3.23. The molecule has 1 heterocycles. The van der Waals surface area contributed by atoms with E-state index >= 15 is 0 Å². The zero-order chi connectivity index (χ0) is 12.1. The first kappa shape index (κ1) is 12.8. The zero-order valence-electron chi connectivity index (χ0n) is 10.8. The quantitative estimate of drug-likeness (QED) is 0.644. The van der Waals surface area contributed by atoms with Crippen molar-refractivity contribution in [2.75, 3.05) is 32.8 Å². The van der Waals surface area contributed by atoms with Crippen LogP contribution in [0.15, 0.2) is 0 Å². The molecule has 4 heteroatoms. The zero-order valence-corrected chi connectivity index (χ0v) is 10.8. The van der Waals surface area contributed by atoms with Crippen LogP contribution in [0.2, 0.25) is 0 Å². The summed E-state index contributed by atoms with van der Waals surface area (Å²) in [5.41, 5.74) is 0. The Hall–Kier alpha value is -0.610. The molecule has 4 nitrogen and oxygen atoms in total. The first-order valence-electron chi connectivity index (χ1n) is 6.91. The van der Waals surface area contributed by atoms with Crippen molar-refractivity contribution in [3.63, 3.8) is 0 Å². The number of nitrogens with zero attached hydrogens (tertiary/aromatic N) is 1. The second kappa shape index (κ2) is 6.36. The van der Waals surface area contributed by atoms with Gasteiger partial charge in [0.15, 0.2) is 0 Å². The Labute approximate surface area is 104 Å². The second-order valence-electron chi connectivity index (χ2n) is 5.10. The minimum atomic E-state index is 0.0624. The number of hydrogen-bond donors (Lipinski definition) is 1. The lowest BCUT2D eigenvalue weighted by molar-refractivity contribution is -0.129. The fraction of sp³-hybridized carbons (Fsp3) is 0.923. The second-order valence-corrected chi connectivity index (χ2v) is 5.10. The van der Waals surface area contributed by atoms with Crippen LogP contribution < -0.4 is 5.32 Å². The number of carbonyl (C=O) groups excluding carboxylic acids is 1. The fourth-order valence-electron chi connectivity index (χ4n) is 2.29. The maximum Gasteiger partial charge on any atom is 0.239 e. The highest BCUT2D eigenvalue weighted by molar-refractivity contribution is 5.83. The minimum absolute atomic E-state index is 0.0624. The number of amides is 1. The van der Waals surface area contributed by atoms with Gasteiger partial charge in [0, 0.05) is 26.3 Å². The third kappa shape index (κ3) is 3.96. The number of carbonyl (C=O) groups is 1.